The first kappa shape index (κ1) is 12.6. The van der Waals surface area contributed by atoms with Gasteiger partial charge in [-0.25, -0.2) is 9.78 Å². The third-order valence-electron chi connectivity index (χ3n) is 2.56. The van der Waals surface area contributed by atoms with Gasteiger partial charge in [0.05, 0.1) is 17.9 Å². The summed E-state index contributed by atoms with van der Waals surface area (Å²) < 4.78 is 1.73. The molecule has 7 heteroatoms. The minimum Gasteiger partial charge on any atom is -0.477 e. The molecule has 2 rings (SSSR count). The van der Waals surface area contributed by atoms with Crippen molar-refractivity contribution in [1.82, 2.24) is 14.8 Å². The van der Waals surface area contributed by atoms with Crippen LogP contribution in [0, 0.1) is 6.92 Å². The van der Waals surface area contributed by atoms with E-state index in [1.54, 1.807) is 17.8 Å². The van der Waals surface area contributed by atoms with Crippen molar-refractivity contribution in [2.45, 2.75) is 19.9 Å². The second-order valence-electron chi connectivity index (χ2n) is 4.05. The molecule has 18 heavy (non-hydrogen) atoms. The van der Waals surface area contributed by atoms with Crippen molar-refractivity contribution in [2.24, 2.45) is 7.05 Å². The summed E-state index contributed by atoms with van der Waals surface area (Å²) in [4.78, 5) is 15.4. The number of nitrogens with zero attached hydrogens (tertiary/aromatic N) is 3. The van der Waals surface area contributed by atoms with Crippen LogP contribution in [0.15, 0.2) is 12.4 Å². The molecule has 0 saturated carbocycles. The number of anilines is 1. The van der Waals surface area contributed by atoms with Crippen LogP contribution >= 0.6 is 11.3 Å². The Kier molecular flexibility index (Phi) is 3.33. The average molecular weight is 266 g/mol. The summed E-state index contributed by atoms with van der Waals surface area (Å²) in [6.45, 7) is 3.67. The molecular weight excluding hydrogens is 252 g/mol. The van der Waals surface area contributed by atoms with Crippen LogP contribution < -0.4 is 5.32 Å². The van der Waals surface area contributed by atoms with E-state index in [9.17, 15) is 4.79 Å². The largest absolute Gasteiger partial charge is 0.477 e. The molecule has 1 atom stereocenters. The van der Waals surface area contributed by atoms with Gasteiger partial charge in [-0.05, 0) is 13.8 Å². The highest BCUT2D eigenvalue weighted by atomic mass is 32.1. The van der Waals surface area contributed by atoms with Crippen molar-refractivity contribution < 1.29 is 9.90 Å². The number of aromatic carboxylic acids is 1. The standard InChI is InChI=1S/C11H14N4O2S/c1-6(8-4-12-15(3)5-8)13-11-14-7(2)9(18-11)10(16)17/h4-6H,1-3H3,(H,13,14)(H,16,17). The Morgan fingerprint density at radius 2 is 2.33 bits per heavy atom. The van der Waals surface area contributed by atoms with E-state index in [4.69, 9.17) is 5.11 Å². The van der Waals surface area contributed by atoms with Crippen LogP contribution in [0.1, 0.15) is 33.9 Å². The molecule has 0 amide bonds. The summed E-state index contributed by atoms with van der Waals surface area (Å²) >= 11 is 1.15. The molecule has 0 saturated heterocycles. The van der Waals surface area contributed by atoms with Crippen molar-refractivity contribution in [1.29, 1.82) is 0 Å². The molecule has 0 aromatic carbocycles. The topological polar surface area (TPSA) is 80.0 Å². The maximum absolute atomic E-state index is 10.9. The maximum Gasteiger partial charge on any atom is 0.347 e. The highest BCUT2D eigenvalue weighted by Crippen LogP contribution is 2.26. The van der Waals surface area contributed by atoms with Crippen molar-refractivity contribution in [3.8, 4) is 0 Å². The smallest absolute Gasteiger partial charge is 0.347 e. The SMILES string of the molecule is Cc1nc(NC(C)c2cnn(C)c2)sc1C(=O)O. The molecule has 6 nitrogen and oxygen atoms in total. The minimum atomic E-state index is -0.938. The van der Waals surface area contributed by atoms with E-state index in [0.29, 0.717) is 10.8 Å². The molecule has 2 N–H and O–H groups in total. The first-order valence-electron chi connectivity index (χ1n) is 5.43. The van der Waals surface area contributed by atoms with Gasteiger partial charge in [0.2, 0.25) is 0 Å². The van der Waals surface area contributed by atoms with Gasteiger partial charge in [0.1, 0.15) is 4.88 Å². The van der Waals surface area contributed by atoms with Crippen LogP contribution in [0.4, 0.5) is 5.13 Å². The molecule has 2 heterocycles. The summed E-state index contributed by atoms with van der Waals surface area (Å²) in [6, 6.07) is 0.0332. The Balaban J connectivity index is 2.14. The van der Waals surface area contributed by atoms with Crippen molar-refractivity contribution in [2.75, 3.05) is 5.32 Å². The monoisotopic (exact) mass is 266 g/mol. The second-order valence-corrected chi connectivity index (χ2v) is 5.05. The number of rotatable bonds is 4. The number of aromatic nitrogens is 3. The molecular formula is C11H14N4O2S. The Hall–Kier alpha value is -1.89. The van der Waals surface area contributed by atoms with Crippen molar-refractivity contribution in [3.05, 3.63) is 28.5 Å². The number of aryl methyl sites for hydroxylation is 2. The summed E-state index contributed by atoms with van der Waals surface area (Å²) in [5, 5.41) is 16.8. The lowest BCUT2D eigenvalue weighted by Crippen LogP contribution is -2.05. The molecule has 96 valence electrons. The number of hydrogen-bond donors (Lipinski definition) is 2. The zero-order valence-electron chi connectivity index (χ0n) is 10.3. The summed E-state index contributed by atoms with van der Waals surface area (Å²) in [6.07, 6.45) is 3.69. The van der Waals surface area contributed by atoms with Gasteiger partial charge < -0.3 is 10.4 Å². The lowest BCUT2D eigenvalue weighted by molar-refractivity contribution is 0.0701. The molecule has 0 aliphatic carbocycles. The molecule has 0 fully saturated rings. The third kappa shape index (κ3) is 2.51. The maximum atomic E-state index is 10.9. The van der Waals surface area contributed by atoms with Crippen molar-refractivity contribution >= 4 is 22.4 Å². The second kappa shape index (κ2) is 4.77. The fourth-order valence-electron chi connectivity index (χ4n) is 1.59. The predicted octanol–water partition coefficient (Wildman–Crippen LogP) is 2.06. The molecule has 0 radical (unpaired) electrons. The third-order valence-corrected chi connectivity index (χ3v) is 3.63. The van der Waals surface area contributed by atoms with Gasteiger partial charge in [-0.3, -0.25) is 4.68 Å². The Labute approximate surface area is 108 Å². The lowest BCUT2D eigenvalue weighted by atomic mass is 10.2. The van der Waals surface area contributed by atoms with Gasteiger partial charge in [0, 0.05) is 18.8 Å². The first-order chi connectivity index (χ1) is 8.47. The molecule has 2 aromatic heterocycles. The van der Waals surface area contributed by atoms with Gasteiger partial charge >= 0.3 is 5.97 Å². The summed E-state index contributed by atoms with van der Waals surface area (Å²) in [7, 11) is 1.85. The number of thiazole rings is 1. The predicted molar refractivity (Wildman–Crippen MR) is 69.1 cm³/mol. The number of hydrogen-bond acceptors (Lipinski definition) is 5. The Morgan fingerprint density at radius 3 is 2.83 bits per heavy atom. The van der Waals surface area contributed by atoms with E-state index in [1.807, 2.05) is 20.2 Å². The molecule has 0 spiro atoms. The normalized spacial score (nSPS) is 12.4. The van der Waals surface area contributed by atoms with Crippen LogP contribution in [0.2, 0.25) is 0 Å². The lowest BCUT2D eigenvalue weighted by Gasteiger charge is -2.09. The average Bonchev–Trinajstić information content (AvgIpc) is 2.85. The van der Waals surface area contributed by atoms with Gasteiger partial charge in [-0.2, -0.15) is 5.10 Å². The molecule has 0 aliphatic rings. The molecule has 0 bridgehead atoms. The van der Waals surface area contributed by atoms with Gasteiger partial charge in [-0.15, -0.1) is 0 Å². The number of carboxylic acid groups (broad SMARTS) is 1. The van der Waals surface area contributed by atoms with E-state index < -0.39 is 5.97 Å². The Morgan fingerprint density at radius 1 is 1.61 bits per heavy atom. The van der Waals surface area contributed by atoms with Crippen LogP contribution in [0.25, 0.3) is 0 Å². The van der Waals surface area contributed by atoms with Gasteiger partial charge in [0.15, 0.2) is 5.13 Å². The van der Waals surface area contributed by atoms with E-state index in [0.717, 1.165) is 16.9 Å². The number of nitrogens with one attached hydrogen (secondary N) is 1. The molecule has 1 unspecified atom stereocenters. The van der Waals surface area contributed by atoms with Crippen LogP contribution in [-0.4, -0.2) is 25.8 Å². The molecule has 0 aliphatic heterocycles. The fourth-order valence-corrected chi connectivity index (χ4v) is 2.48. The summed E-state index contributed by atoms with van der Waals surface area (Å²) in [5.41, 5.74) is 1.57. The quantitative estimate of drug-likeness (QED) is 0.885. The fraction of sp³-hybridized carbons (Fsp3) is 0.364. The van der Waals surface area contributed by atoms with E-state index in [1.165, 1.54) is 0 Å². The van der Waals surface area contributed by atoms with E-state index >= 15 is 0 Å². The minimum absolute atomic E-state index is 0.0332. The van der Waals surface area contributed by atoms with Gasteiger partial charge in [0.25, 0.3) is 0 Å². The Bertz CT molecular complexity index is 575. The van der Waals surface area contributed by atoms with Crippen molar-refractivity contribution in [3.63, 3.8) is 0 Å². The van der Waals surface area contributed by atoms with Crippen LogP contribution in [0.3, 0.4) is 0 Å². The number of carbonyl (C=O) groups is 1. The van der Waals surface area contributed by atoms with Crippen LogP contribution in [-0.2, 0) is 7.05 Å². The van der Waals surface area contributed by atoms with E-state index in [2.05, 4.69) is 15.4 Å². The van der Waals surface area contributed by atoms with E-state index in [-0.39, 0.29) is 10.9 Å². The van der Waals surface area contributed by atoms with Gasteiger partial charge in [-0.1, -0.05) is 11.3 Å². The zero-order valence-corrected chi connectivity index (χ0v) is 11.2. The molecule has 2 aromatic rings. The number of carboxylic acids is 1. The first-order valence-corrected chi connectivity index (χ1v) is 6.25. The highest BCUT2D eigenvalue weighted by Gasteiger charge is 2.16. The zero-order chi connectivity index (χ0) is 13.3. The summed E-state index contributed by atoms with van der Waals surface area (Å²) in [5.74, 6) is -0.938. The highest BCUT2D eigenvalue weighted by molar-refractivity contribution is 7.17. The van der Waals surface area contributed by atoms with Crippen LogP contribution in [0.5, 0.6) is 0 Å².